The number of rotatable bonds is 1. The highest BCUT2D eigenvalue weighted by molar-refractivity contribution is 5.90. The molecule has 0 unspecified atom stereocenters. The van der Waals surface area contributed by atoms with E-state index in [1.807, 2.05) is 0 Å². The van der Waals surface area contributed by atoms with E-state index in [1.165, 1.54) is 6.92 Å². The summed E-state index contributed by atoms with van der Waals surface area (Å²) in [5, 5.41) is 13.2. The molecule has 86 valence electrons. The topological polar surface area (TPSA) is 75.4 Å². The fourth-order valence-corrected chi connectivity index (χ4v) is 2.00. The third-order valence-corrected chi connectivity index (χ3v) is 2.81. The maximum Gasteiger partial charge on any atom is 0.339 e. The van der Waals surface area contributed by atoms with Gasteiger partial charge >= 0.3 is 5.97 Å². The number of hydrogen-bond acceptors (Lipinski definition) is 3. The number of carbonyl (C=O) groups excluding carboxylic acids is 1. The number of nitrogens with zero attached hydrogens (tertiary/aromatic N) is 3. The van der Waals surface area contributed by atoms with Gasteiger partial charge in [0.2, 0.25) is 5.91 Å². The molecule has 0 radical (unpaired) electrons. The maximum atomic E-state index is 11.2. The van der Waals surface area contributed by atoms with E-state index in [0.29, 0.717) is 31.0 Å². The Morgan fingerprint density at radius 3 is 2.62 bits per heavy atom. The van der Waals surface area contributed by atoms with E-state index in [2.05, 4.69) is 5.10 Å². The van der Waals surface area contributed by atoms with Crippen LogP contribution in [0.4, 0.5) is 0 Å². The Labute approximate surface area is 92.5 Å². The summed E-state index contributed by atoms with van der Waals surface area (Å²) < 4.78 is 1.68. The number of aromatic nitrogens is 2. The van der Waals surface area contributed by atoms with Gasteiger partial charge in [-0.15, -0.1) is 0 Å². The predicted octanol–water partition coefficient (Wildman–Crippen LogP) is 0.252. The van der Waals surface area contributed by atoms with E-state index in [1.54, 1.807) is 16.5 Å². The van der Waals surface area contributed by atoms with Gasteiger partial charge in [0, 0.05) is 13.5 Å². The normalized spacial score (nSPS) is 14.8. The SMILES string of the molecule is CC(=O)N1CCn2nc(C)c(C(=O)O)c2C1. The summed E-state index contributed by atoms with van der Waals surface area (Å²) in [6, 6.07) is 0. The van der Waals surface area contributed by atoms with Gasteiger partial charge in [0.25, 0.3) is 0 Å². The van der Waals surface area contributed by atoms with E-state index in [9.17, 15) is 9.59 Å². The average molecular weight is 223 g/mol. The first kappa shape index (κ1) is 10.7. The van der Waals surface area contributed by atoms with Crippen LogP contribution < -0.4 is 0 Å². The van der Waals surface area contributed by atoms with Crippen LogP contribution in [-0.4, -0.2) is 38.2 Å². The Morgan fingerprint density at radius 1 is 1.38 bits per heavy atom. The number of carbonyl (C=O) groups is 2. The van der Waals surface area contributed by atoms with Gasteiger partial charge in [-0.25, -0.2) is 4.79 Å². The lowest BCUT2D eigenvalue weighted by Crippen LogP contribution is -2.37. The second-order valence-corrected chi connectivity index (χ2v) is 3.88. The largest absolute Gasteiger partial charge is 0.478 e. The fraction of sp³-hybridized carbons (Fsp3) is 0.500. The zero-order valence-corrected chi connectivity index (χ0v) is 9.23. The van der Waals surface area contributed by atoms with Crippen LogP contribution in [-0.2, 0) is 17.9 Å². The quantitative estimate of drug-likeness (QED) is 0.740. The Kier molecular flexibility index (Phi) is 2.41. The van der Waals surface area contributed by atoms with Crippen LogP contribution in [0.5, 0.6) is 0 Å². The van der Waals surface area contributed by atoms with Crippen molar-refractivity contribution in [1.29, 1.82) is 0 Å². The molecule has 16 heavy (non-hydrogen) atoms. The molecule has 0 saturated carbocycles. The lowest BCUT2D eigenvalue weighted by molar-refractivity contribution is -0.130. The van der Waals surface area contributed by atoms with Crippen molar-refractivity contribution in [3.63, 3.8) is 0 Å². The molecule has 0 aliphatic carbocycles. The van der Waals surface area contributed by atoms with Crippen molar-refractivity contribution in [3.8, 4) is 0 Å². The Morgan fingerprint density at radius 2 is 2.06 bits per heavy atom. The predicted molar refractivity (Wildman–Crippen MR) is 55.0 cm³/mol. The number of carboxylic acid groups (broad SMARTS) is 1. The molecular formula is C10H13N3O3. The molecule has 1 amide bonds. The number of hydrogen-bond donors (Lipinski definition) is 1. The molecule has 6 nitrogen and oxygen atoms in total. The first-order valence-electron chi connectivity index (χ1n) is 5.05. The molecule has 1 N–H and O–H groups in total. The van der Waals surface area contributed by atoms with Crippen molar-refractivity contribution < 1.29 is 14.7 Å². The third kappa shape index (κ3) is 1.56. The zero-order valence-electron chi connectivity index (χ0n) is 9.23. The number of amides is 1. The average Bonchev–Trinajstić information content (AvgIpc) is 2.51. The van der Waals surface area contributed by atoms with Crippen LogP contribution in [0, 0.1) is 6.92 Å². The van der Waals surface area contributed by atoms with Crippen LogP contribution in [0.1, 0.15) is 28.7 Å². The lowest BCUT2D eigenvalue weighted by atomic mass is 10.1. The number of carboxylic acids is 1. The molecule has 0 spiro atoms. The highest BCUT2D eigenvalue weighted by Crippen LogP contribution is 2.19. The van der Waals surface area contributed by atoms with Crippen LogP contribution in [0.3, 0.4) is 0 Å². The van der Waals surface area contributed by atoms with E-state index in [4.69, 9.17) is 5.11 Å². The second kappa shape index (κ2) is 3.62. The van der Waals surface area contributed by atoms with Gasteiger partial charge in [0.15, 0.2) is 0 Å². The minimum Gasteiger partial charge on any atom is -0.478 e. The highest BCUT2D eigenvalue weighted by Gasteiger charge is 2.26. The van der Waals surface area contributed by atoms with Crippen molar-refractivity contribution >= 4 is 11.9 Å². The minimum atomic E-state index is -0.982. The van der Waals surface area contributed by atoms with Gasteiger partial charge in [-0.05, 0) is 6.92 Å². The summed E-state index contributed by atoms with van der Waals surface area (Å²) in [7, 11) is 0. The molecule has 1 aliphatic rings. The summed E-state index contributed by atoms with van der Waals surface area (Å²) in [6.45, 7) is 4.63. The van der Waals surface area contributed by atoms with Crippen molar-refractivity contribution in [1.82, 2.24) is 14.7 Å². The van der Waals surface area contributed by atoms with Gasteiger partial charge < -0.3 is 10.0 Å². The van der Waals surface area contributed by atoms with Crippen molar-refractivity contribution in [3.05, 3.63) is 17.0 Å². The van der Waals surface area contributed by atoms with Crippen molar-refractivity contribution in [2.24, 2.45) is 0 Å². The fourth-order valence-electron chi connectivity index (χ4n) is 2.00. The van der Waals surface area contributed by atoms with Gasteiger partial charge in [-0.1, -0.05) is 0 Å². The van der Waals surface area contributed by atoms with Crippen LogP contribution in [0.2, 0.25) is 0 Å². The first-order valence-corrected chi connectivity index (χ1v) is 5.05. The zero-order chi connectivity index (χ0) is 11.9. The number of aromatic carboxylic acids is 1. The van der Waals surface area contributed by atoms with E-state index in [0.717, 1.165) is 0 Å². The Balaban J connectivity index is 2.42. The molecule has 0 bridgehead atoms. The molecule has 0 fully saturated rings. The first-order chi connectivity index (χ1) is 7.50. The monoisotopic (exact) mass is 223 g/mol. The molecule has 1 aromatic rings. The maximum absolute atomic E-state index is 11.2. The molecule has 0 saturated heterocycles. The standard InChI is InChI=1S/C10H13N3O3/c1-6-9(10(15)16)8-5-12(7(2)14)3-4-13(8)11-6/h3-5H2,1-2H3,(H,15,16). The van der Waals surface area contributed by atoms with Crippen molar-refractivity contribution in [2.45, 2.75) is 26.9 Å². The summed E-state index contributed by atoms with van der Waals surface area (Å²) in [5.74, 6) is -1.02. The molecule has 0 atom stereocenters. The summed E-state index contributed by atoms with van der Waals surface area (Å²) in [4.78, 5) is 23.9. The summed E-state index contributed by atoms with van der Waals surface area (Å²) in [5.41, 5.74) is 1.35. The van der Waals surface area contributed by atoms with Gasteiger partial charge in [0.1, 0.15) is 5.56 Å². The molecule has 1 aromatic heterocycles. The van der Waals surface area contributed by atoms with Gasteiger partial charge in [-0.2, -0.15) is 5.10 Å². The highest BCUT2D eigenvalue weighted by atomic mass is 16.4. The minimum absolute atomic E-state index is 0.0403. The number of aryl methyl sites for hydroxylation is 1. The van der Waals surface area contributed by atoms with Crippen molar-refractivity contribution in [2.75, 3.05) is 6.54 Å². The van der Waals surface area contributed by atoms with E-state index < -0.39 is 5.97 Å². The molecule has 2 heterocycles. The third-order valence-electron chi connectivity index (χ3n) is 2.81. The second-order valence-electron chi connectivity index (χ2n) is 3.88. The molecule has 6 heteroatoms. The Hall–Kier alpha value is -1.85. The summed E-state index contributed by atoms with van der Waals surface area (Å²) >= 11 is 0. The van der Waals surface area contributed by atoms with Gasteiger partial charge in [0.05, 0.1) is 24.5 Å². The molecule has 2 rings (SSSR count). The smallest absolute Gasteiger partial charge is 0.339 e. The summed E-state index contributed by atoms with van der Waals surface area (Å²) in [6.07, 6.45) is 0. The molecule has 1 aliphatic heterocycles. The Bertz CT molecular complexity index is 464. The molecular weight excluding hydrogens is 210 g/mol. The van der Waals surface area contributed by atoms with Crippen LogP contribution in [0.25, 0.3) is 0 Å². The number of fused-ring (bicyclic) bond motifs is 1. The van der Waals surface area contributed by atoms with Gasteiger partial charge in [-0.3, -0.25) is 9.48 Å². The molecule has 0 aromatic carbocycles. The van der Waals surface area contributed by atoms with Crippen LogP contribution in [0.15, 0.2) is 0 Å². The lowest BCUT2D eigenvalue weighted by Gasteiger charge is -2.26. The van der Waals surface area contributed by atoms with E-state index >= 15 is 0 Å². The van der Waals surface area contributed by atoms with E-state index in [-0.39, 0.29) is 11.5 Å². The van der Waals surface area contributed by atoms with Crippen LogP contribution >= 0.6 is 0 Å².